The number of ether oxygens (including phenoxy) is 1. The molecule has 0 fully saturated rings. The van der Waals surface area contributed by atoms with Gasteiger partial charge in [0.25, 0.3) is 0 Å². The summed E-state index contributed by atoms with van der Waals surface area (Å²) >= 11 is 0. The molecule has 0 saturated heterocycles. The zero-order valence-corrected chi connectivity index (χ0v) is 15.5. The van der Waals surface area contributed by atoms with Crippen molar-refractivity contribution >= 4 is 22.2 Å². The van der Waals surface area contributed by atoms with E-state index in [1.165, 1.54) is 4.57 Å². The minimum absolute atomic E-state index is 0.0490. The first kappa shape index (κ1) is 16.7. The quantitative estimate of drug-likeness (QED) is 0.508. The van der Waals surface area contributed by atoms with Crippen molar-refractivity contribution < 1.29 is 4.74 Å². The van der Waals surface area contributed by atoms with Crippen molar-refractivity contribution in [1.82, 2.24) is 24.1 Å². The summed E-state index contributed by atoms with van der Waals surface area (Å²) in [6, 6.07) is 6.84. The van der Waals surface area contributed by atoms with Crippen molar-refractivity contribution in [3.63, 3.8) is 0 Å². The summed E-state index contributed by atoms with van der Waals surface area (Å²) < 4.78 is 9.61. The molecule has 0 amide bonds. The topological polar surface area (TPSA) is 94.8 Å². The van der Waals surface area contributed by atoms with E-state index in [9.17, 15) is 9.59 Å². The van der Waals surface area contributed by atoms with E-state index in [1.807, 2.05) is 11.5 Å². The molecule has 0 radical (unpaired) electrons. The van der Waals surface area contributed by atoms with Gasteiger partial charge in [0.15, 0.2) is 11.1 Å². The van der Waals surface area contributed by atoms with Gasteiger partial charge in [0, 0.05) is 30.6 Å². The predicted molar refractivity (Wildman–Crippen MR) is 105 cm³/mol. The third kappa shape index (κ3) is 2.45. The van der Waals surface area contributed by atoms with E-state index in [1.54, 1.807) is 36.7 Å². The Morgan fingerprint density at radius 2 is 2.00 bits per heavy atom. The van der Waals surface area contributed by atoms with Gasteiger partial charge in [-0.25, -0.2) is 19.3 Å². The van der Waals surface area contributed by atoms with Crippen LogP contribution in [0.15, 0.2) is 46.2 Å². The number of rotatable bonds is 0. The third-order valence-electron chi connectivity index (χ3n) is 5.32. The van der Waals surface area contributed by atoms with E-state index >= 15 is 0 Å². The standard InChI is InChI=1S/C20H19N5O3/c1-11-3-4-12(2)28-15-7-9-21-18-17(15)25(20(27)23-18)16-6-5-13-14(26)8-10-24(11)19(13)22-16/h5-12H,3-4H2,1-2H3,(H,21,23,27)/t11-,12+/m1/s1. The molecule has 5 heterocycles. The molecule has 8 nitrogen and oxygen atoms in total. The Morgan fingerprint density at radius 1 is 1.14 bits per heavy atom. The van der Waals surface area contributed by atoms with Crippen LogP contribution in [-0.4, -0.2) is 30.2 Å². The monoisotopic (exact) mass is 377 g/mol. The maximum Gasteiger partial charge on any atom is 0.333 e. The van der Waals surface area contributed by atoms with Crippen LogP contribution in [0, 0.1) is 0 Å². The first-order valence-corrected chi connectivity index (χ1v) is 9.31. The Balaban J connectivity index is 1.91. The number of nitrogens with one attached hydrogen (secondary N) is 1. The zero-order chi connectivity index (χ0) is 19.4. The van der Waals surface area contributed by atoms with Gasteiger partial charge in [0.1, 0.15) is 22.7 Å². The average Bonchev–Trinajstić information content (AvgIpc) is 3.02. The van der Waals surface area contributed by atoms with Gasteiger partial charge < -0.3 is 9.30 Å². The lowest BCUT2D eigenvalue weighted by atomic mass is 10.1. The van der Waals surface area contributed by atoms with Crippen LogP contribution in [0.5, 0.6) is 5.75 Å². The molecule has 0 saturated carbocycles. The average molecular weight is 377 g/mol. The number of imidazole rings is 1. The van der Waals surface area contributed by atoms with Crippen LogP contribution in [0.1, 0.15) is 32.7 Å². The number of pyridine rings is 3. The first-order valence-electron chi connectivity index (χ1n) is 9.31. The van der Waals surface area contributed by atoms with Gasteiger partial charge in [-0.2, -0.15) is 0 Å². The fraction of sp³-hybridized carbons (Fsp3) is 0.300. The number of H-pyrrole nitrogens is 1. The number of nitrogens with zero attached hydrogens (tertiary/aromatic N) is 4. The molecule has 4 aromatic heterocycles. The molecule has 0 aliphatic carbocycles. The molecule has 8 heteroatoms. The van der Waals surface area contributed by atoms with E-state index in [0.29, 0.717) is 33.8 Å². The van der Waals surface area contributed by atoms with Crippen molar-refractivity contribution in [2.45, 2.75) is 38.8 Å². The summed E-state index contributed by atoms with van der Waals surface area (Å²) in [7, 11) is 0. The van der Waals surface area contributed by atoms with E-state index in [-0.39, 0.29) is 23.3 Å². The van der Waals surface area contributed by atoms with Crippen molar-refractivity contribution in [3.05, 3.63) is 57.4 Å². The molecule has 0 unspecified atom stereocenters. The van der Waals surface area contributed by atoms with Gasteiger partial charge in [-0.05, 0) is 38.8 Å². The highest BCUT2D eigenvalue weighted by atomic mass is 16.5. The maximum atomic E-state index is 12.7. The molecule has 28 heavy (non-hydrogen) atoms. The van der Waals surface area contributed by atoms with Gasteiger partial charge >= 0.3 is 5.69 Å². The number of aromatic amines is 1. The smallest absolute Gasteiger partial charge is 0.333 e. The molecule has 1 aliphatic rings. The van der Waals surface area contributed by atoms with Crippen LogP contribution in [-0.2, 0) is 0 Å². The van der Waals surface area contributed by atoms with E-state index in [0.717, 1.165) is 12.8 Å². The summed E-state index contributed by atoms with van der Waals surface area (Å²) in [6.07, 6.45) is 5.01. The van der Waals surface area contributed by atoms with Gasteiger partial charge in [0.05, 0.1) is 11.5 Å². The number of fused-ring (bicyclic) bond motifs is 2. The zero-order valence-electron chi connectivity index (χ0n) is 15.5. The highest BCUT2D eigenvalue weighted by molar-refractivity contribution is 5.81. The normalized spacial score (nSPS) is 19.4. The Morgan fingerprint density at radius 3 is 2.86 bits per heavy atom. The van der Waals surface area contributed by atoms with Crippen LogP contribution in [0.4, 0.5) is 0 Å². The SMILES string of the molecule is C[C@@H]1CC[C@H](C)Oc2ccnc3[nH]c(=O)n(c23)-c2ccc3c(=O)ccn1c3n2. The minimum atomic E-state index is -0.354. The minimum Gasteiger partial charge on any atom is -0.488 e. The lowest BCUT2D eigenvalue weighted by molar-refractivity contribution is 0.202. The second-order valence-electron chi connectivity index (χ2n) is 7.25. The van der Waals surface area contributed by atoms with Gasteiger partial charge in [-0.15, -0.1) is 0 Å². The lowest BCUT2D eigenvalue weighted by Crippen LogP contribution is -2.21. The Hall–Kier alpha value is -3.42. The van der Waals surface area contributed by atoms with Crippen molar-refractivity contribution in [3.8, 4) is 11.6 Å². The number of aromatic nitrogens is 5. The van der Waals surface area contributed by atoms with E-state index in [4.69, 9.17) is 9.72 Å². The fourth-order valence-corrected chi connectivity index (χ4v) is 3.82. The third-order valence-corrected chi connectivity index (χ3v) is 5.32. The molecule has 2 atom stereocenters. The molecular weight excluding hydrogens is 358 g/mol. The molecule has 1 N–H and O–H groups in total. The van der Waals surface area contributed by atoms with Crippen LogP contribution in [0.25, 0.3) is 28.0 Å². The molecular formula is C20H19N5O3. The van der Waals surface area contributed by atoms with Crippen LogP contribution in [0.2, 0.25) is 0 Å². The fourth-order valence-electron chi connectivity index (χ4n) is 3.82. The maximum absolute atomic E-state index is 12.7. The Bertz CT molecular complexity index is 1330. The Labute approximate surface area is 159 Å². The summed E-state index contributed by atoms with van der Waals surface area (Å²) in [5.74, 6) is 0.998. The van der Waals surface area contributed by atoms with E-state index in [2.05, 4.69) is 16.9 Å². The van der Waals surface area contributed by atoms with Crippen LogP contribution in [0.3, 0.4) is 0 Å². The largest absolute Gasteiger partial charge is 0.488 e. The molecule has 1 aliphatic heterocycles. The molecule has 0 aromatic carbocycles. The second kappa shape index (κ2) is 6.05. The summed E-state index contributed by atoms with van der Waals surface area (Å²) in [5.41, 5.74) is 1.11. The highest BCUT2D eigenvalue weighted by Crippen LogP contribution is 2.28. The summed E-state index contributed by atoms with van der Waals surface area (Å²) in [5, 5.41) is 0.533. The molecule has 2 bridgehead atoms. The highest BCUT2D eigenvalue weighted by Gasteiger charge is 2.20. The van der Waals surface area contributed by atoms with Crippen molar-refractivity contribution in [2.24, 2.45) is 0 Å². The molecule has 142 valence electrons. The van der Waals surface area contributed by atoms with Crippen molar-refractivity contribution in [1.29, 1.82) is 0 Å². The summed E-state index contributed by atoms with van der Waals surface area (Å²) in [4.78, 5) is 36.8. The first-order chi connectivity index (χ1) is 13.5. The molecule has 0 spiro atoms. The van der Waals surface area contributed by atoms with Crippen molar-refractivity contribution in [2.75, 3.05) is 0 Å². The predicted octanol–water partition coefficient (Wildman–Crippen LogP) is 2.55. The number of hydrogen-bond donors (Lipinski definition) is 1. The van der Waals surface area contributed by atoms with E-state index < -0.39 is 0 Å². The Kier molecular flexibility index (Phi) is 3.61. The van der Waals surface area contributed by atoms with Gasteiger partial charge in [-0.3, -0.25) is 9.78 Å². The van der Waals surface area contributed by atoms with Crippen LogP contribution >= 0.6 is 0 Å². The van der Waals surface area contributed by atoms with Crippen LogP contribution < -0.4 is 15.9 Å². The summed E-state index contributed by atoms with van der Waals surface area (Å²) in [6.45, 7) is 4.10. The van der Waals surface area contributed by atoms with Gasteiger partial charge in [0.2, 0.25) is 0 Å². The lowest BCUT2D eigenvalue weighted by Gasteiger charge is -2.22. The number of hydrogen-bond acceptors (Lipinski definition) is 5. The second-order valence-corrected chi connectivity index (χ2v) is 7.25. The van der Waals surface area contributed by atoms with Gasteiger partial charge in [-0.1, -0.05) is 0 Å². The molecule has 5 rings (SSSR count). The molecule has 4 aromatic rings.